The zero-order valence-corrected chi connectivity index (χ0v) is 17.3. The lowest BCUT2D eigenvalue weighted by atomic mass is 9.95. The third-order valence-corrected chi connectivity index (χ3v) is 5.69. The number of amides is 1. The van der Waals surface area contributed by atoms with Crippen molar-refractivity contribution in [2.45, 2.75) is 71.6 Å². The van der Waals surface area contributed by atoms with Crippen molar-refractivity contribution in [1.29, 1.82) is 0 Å². The number of carbonyl (C=O) groups excluding carboxylic acids is 2. The van der Waals surface area contributed by atoms with E-state index in [0.29, 0.717) is 24.6 Å². The van der Waals surface area contributed by atoms with Gasteiger partial charge in [-0.05, 0) is 52.4 Å². The summed E-state index contributed by atoms with van der Waals surface area (Å²) in [4.78, 5) is 29.1. The molecule has 8 heteroatoms. The van der Waals surface area contributed by atoms with E-state index in [2.05, 4.69) is 15.5 Å². The molecule has 0 unspecified atom stereocenters. The van der Waals surface area contributed by atoms with Gasteiger partial charge in [0.2, 0.25) is 5.91 Å². The van der Waals surface area contributed by atoms with E-state index >= 15 is 0 Å². The molecule has 2 aromatic heterocycles. The number of esters is 1. The Labute approximate surface area is 168 Å². The van der Waals surface area contributed by atoms with Gasteiger partial charge in [0, 0.05) is 23.3 Å². The molecule has 152 valence electrons. The van der Waals surface area contributed by atoms with Crippen molar-refractivity contribution >= 4 is 28.3 Å². The summed E-state index contributed by atoms with van der Waals surface area (Å²) in [7, 11) is 0. The molecule has 2 aromatic rings. The number of hydrogen-bond acceptors (Lipinski definition) is 7. The summed E-state index contributed by atoms with van der Waals surface area (Å²) >= 11 is 1.45. The monoisotopic (exact) mass is 405 g/mol. The molecule has 0 radical (unpaired) electrons. The first kappa shape index (κ1) is 20.5. The Morgan fingerprint density at radius 1 is 1.18 bits per heavy atom. The molecule has 1 aliphatic carbocycles. The Morgan fingerprint density at radius 3 is 2.79 bits per heavy atom. The first-order valence-electron chi connectivity index (χ1n) is 9.99. The van der Waals surface area contributed by atoms with Crippen molar-refractivity contribution in [3.8, 4) is 11.5 Å². The van der Waals surface area contributed by atoms with E-state index in [1.807, 2.05) is 6.92 Å². The van der Waals surface area contributed by atoms with Crippen LogP contribution in [0.15, 0.2) is 4.52 Å². The molecule has 0 atom stereocenters. The number of aromatic nitrogens is 2. The normalized spacial score (nSPS) is 13.2. The van der Waals surface area contributed by atoms with Gasteiger partial charge in [0.1, 0.15) is 5.69 Å². The van der Waals surface area contributed by atoms with E-state index in [9.17, 15) is 9.59 Å². The van der Waals surface area contributed by atoms with E-state index in [0.717, 1.165) is 67.0 Å². The van der Waals surface area contributed by atoms with Crippen LogP contribution in [0.2, 0.25) is 0 Å². The predicted molar refractivity (Wildman–Crippen MR) is 107 cm³/mol. The Balaban J connectivity index is 1.49. The number of rotatable bonds is 9. The maximum absolute atomic E-state index is 12.2. The van der Waals surface area contributed by atoms with E-state index in [1.54, 1.807) is 6.92 Å². The highest BCUT2D eigenvalue weighted by molar-refractivity contribution is 7.16. The van der Waals surface area contributed by atoms with Gasteiger partial charge in [-0.1, -0.05) is 11.6 Å². The van der Waals surface area contributed by atoms with Crippen LogP contribution in [0, 0.1) is 6.92 Å². The summed E-state index contributed by atoms with van der Waals surface area (Å²) in [5, 5.41) is 7.66. The molecule has 0 saturated carbocycles. The highest BCUT2D eigenvalue weighted by Crippen LogP contribution is 2.36. The molecule has 0 fully saturated rings. The molecule has 2 heterocycles. The molecular weight excluding hydrogens is 378 g/mol. The molecule has 0 spiro atoms. The molecule has 1 N–H and O–H groups in total. The standard InChI is InChI=1S/C20H27N3O4S/c1-3-26-17(25)12-6-4-5-11-16(24)21-20-22-18(13(2)28-20)19-14-9-7-8-10-15(14)23-27-19/h3-12H2,1-2H3,(H,21,22,24). The summed E-state index contributed by atoms with van der Waals surface area (Å²) < 4.78 is 10.5. The molecule has 0 bridgehead atoms. The van der Waals surface area contributed by atoms with Crippen LogP contribution in [0.4, 0.5) is 5.13 Å². The molecule has 0 aromatic carbocycles. The van der Waals surface area contributed by atoms with Gasteiger partial charge in [-0.3, -0.25) is 9.59 Å². The highest BCUT2D eigenvalue weighted by Gasteiger charge is 2.24. The van der Waals surface area contributed by atoms with Gasteiger partial charge in [0.15, 0.2) is 10.9 Å². The number of carbonyl (C=O) groups is 2. The van der Waals surface area contributed by atoms with Gasteiger partial charge in [-0.2, -0.15) is 0 Å². The fourth-order valence-electron chi connectivity index (χ4n) is 3.38. The minimum absolute atomic E-state index is 0.0592. The van der Waals surface area contributed by atoms with E-state index in [1.165, 1.54) is 16.9 Å². The van der Waals surface area contributed by atoms with Crippen LogP contribution in [0.3, 0.4) is 0 Å². The minimum atomic E-state index is -0.174. The summed E-state index contributed by atoms with van der Waals surface area (Å²) in [5.74, 6) is 0.520. The second kappa shape index (κ2) is 9.82. The second-order valence-electron chi connectivity index (χ2n) is 6.98. The van der Waals surface area contributed by atoms with Gasteiger partial charge in [0.25, 0.3) is 0 Å². The number of ether oxygens (including phenoxy) is 1. The van der Waals surface area contributed by atoms with E-state index < -0.39 is 0 Å². The Morgan fingerprint density at radius 2 is 1.96 bits per heavy atom. The van der Waals surface area contributed by atoms with Gasteiger partial charge in [0.05, 0.1) is 12.3 Å². The van der Waals surface area contributed by atoms with Crippen LogP contribution in [0.25, 0.3) is 11.5 Å². The zero-order valence-electron chi connectivity index (χ0n) is 16.5. The number of nitrogens with one attached hydrogen (secondary N) is 1. The lowest BCUT2D eigenvalue weighted by molar-refractivity contribution is -0.143. The SMILES string of the molecule is CCOC(=O)CCCCCC(=O)Nc1nc(-c2onc3c2CCCC3)c(C)s1. The molecule has 7 nitrogen and oxygen atoms in total. The Bertz CT molecular complexity index is 828. The van der Waals surface area contributed by atoms with Crippen molar-refractivity contribution in [2.75, 3.05) is 11.9 Å². The molecule has 1 aliphatic rings. The number of anilines is 1. The maximum Gasteiger partial charge on any atom is 0.305 e. The van der Waals surface area contributed by atoms with Gasteiger partial charge in [-0.15, -0.1) is 11.3 Å². The van der Waals surface area contributed by atoms with Crippen molar-refractivity contribution in [3.63, 3.8) is 0 Å². The Hall–Kier alpha value is -2.22. The molecule has 3 rings (SSSR count). The number of hydrogen-bond donors (Lipinski definition) is 1. The quantitative estimate of drug-likeness (QED) is 0.490. The summed E-state index contributed by atoms with van der Waals surface area (Å²) in [6.45, 7) is 4.19. The van der Waals surface area contributed by atoms with Crippen molar-refractivity contribution in [1.82, 2.24) is 10.1 Å². The molecule has 28 heavy (non-hydrogen) atoms. The van der Waals surface area contributed by atoms with Crippen LogP contribution in [-0.4, -0.2) is 28.6 Å². The van der Waals surface area contributed by atoms with Crippen LogP contribution >= 0.6 is 11.3 Å². The van der Waals surface area contributed by atoms with Crippen LogP contribution < -0.4 is 5.32 Å². The number of unbranched alkanes of at least 4 members (excludes halogenated alkanes) is 2. The number of fused-ring (bicyclic) bond motifs is 1. The van der Waals surface area contributed by atoms with E-state index in [4.69, 9.17) is 9.26 Å². The fourth-order valence-corrected chi connectivity index (χ4v) is 4.21. The van der Waals surface area contributed by atoms with Crippen molar-refractivity contribution in [2.24, 2.45) is 0 Å². The summed E-state index contributed by atoms with van der Waals surface area (Å²) in [5.41, 5.74) is 2.99. The third kappa shape index (κ3) is 5.19. The second-order valence-corrected chi connectivity index (χ2v) is 8.18. The molecular formula is C20H27N3O4S. The summed E-state index contributed by atoms with van der Waals surface area (Å²) in [6.07, 6.45) is 7.33. The van der Waals surface area contributed by atoms with Gasteiger partial charge in [-0.25, -0.2) is 4.98 Å². The number of nitrogens with zero attached hydrogens (tertiary/aromatic N) is 2. The van der Waals surface area contributed by atoms with Crippen LogP contribution in [-0.2, 0) is 27.2 Å². The maximum atomic E-state index is 12.2. The molecule has 1 amide bonds. The van der Waals surface area contributed by atoms with Crippen LogP contribution in [0.1, 0.15) is 68.0 Å². The van der Waals surface area contributed by atoms with Crippen LogP contribution in [0.5, 0.6) is 0 Å². The average molecular weight is 406 g/mol. The first-order chi connectivity index (χ1) is 13.6. The smallest absolute Gasteiger partial charge is 0.305 e. The fraction of sp³-hybridized carbons (Fsp3) is 0.600. The van der Waals surface area contributed by atoms with Crippen molar-refractivity contribution in [3.05, 3.63) is 16.1 Å². The lowest BCUT2D eigenvalue weighted by Gasteiger charge is -2.08. The molecule has 0 aliphatic heterocycles. The largest absolute Gasteiger partial charge is 0.466 e. The van der Waals surface area contributed by atoms with Gasteiger partial charge < -0.3 is 14.6 Å². The lowest BCUT2D eigenvalue weighted by Crippen LogP contribution is -2.11. The van der Waals surface area contributed by atoms with E-state index in [-0.39, 0.29) is 11.9 Å². The predicted octanol–water partition coefficient (Wildman–Crippen LogP) is 4.44. The number of aryl methyl sites for hydroxylation is 2. The van der Waals surface area contributed by atoms with Gasteiger partial charge >= 0.3 is 5.97 Å². The first-order valence-corrected chi connectivity index (χ1v) is 10.8. The summed E-state index contributed by atoms with van der Waals surface area (Å²) in [6, 6.07) is 0. The molecule has 0 saturated heterocycles. The topological polar surface area (TPSA) is 94.3 Å². The highest BCUT2D eigenvalue weighted by atomic mass is 32.1. The third-order valence-electron chi connectivity index (χ3n) is 4.81. The van der Waals surface area contributed by atoms with Crippen molar-refractivity contribution < 1.29 is 18.8 Å². The minimum Gasteiger partial charge on any atom is -0.466 e. The number of thiazole rings is 1. The zero-order chi connectivity index (χ0) is 19.9. The average Bonchev–Trinajstić information content (AvgIpc) is 3.24. The Kier molecular flexibility index (Phi) is 7.19.